The van der Waals surface area contributed by atoms with E-state index in [4.69, 9.17) is 10.5 Å². The predicted octanol–water partition coefficient (Wildman–Crippen LogP) is 0.407. The Kier molecular flexibility index (Phi) is 2.73. The second kappa shape index (κ2) is 3.76. The number of hydrogen-bond donors (Lipinski definition) is 2. The predicted molar refractivity (Wildman–Crippen MR) is 57.3 cm³/mol. The van der Waals surface area contributed by atoms with Crippen LogP contribution in [-0.2, 0) is 9.53 Å². The molecule has 0 aromatic carbocycles. The van der Waals surface area contributed by atoms with Crippen molar-refractivity contribution >= 4 is 5.91 Å². The summed E-state index contributed by atoms with van der Waals surface area (Å²) >= 11 is 0. The maximum atomic E-state index is 11.8. The summed E-state index contributed by atoms with van der Waals surface area (Å²) in [5, 5.41) is 3.03. The minimum absolute atomic E-state index is 0.0431. The average Bonchev–Trinajstić information content (AvgIpc) is 2.67. The van der Waals surface area contributed by atoms with Crippen molar-refractivity contribution in [2.45, 2.75) is 51.4 Å². The lowest BCUT2D eigenvalue weighted by Gasteiger charge is -2.13. The molecule has 3 unspecified atom stereocenters. The zero-order valence-corrected chi connectivity index (χ0v) is 9.45. The third-order valence-corrected chi connectivity index (χ3v) is 3.49. The summed E-state index contributed by atoms with van der Waals surface area (Å²) in [6.45, 7) is 4.84. The highest BCUT2D eigenvalue weighted by Crippen LogP contribution is 2.44. The largest absolute Gasteiger partial charge is 0.364 e. The molecule has 0 bridgehead atoms. The van der Waals surface area contributed by atoms with Gasteiger partial charge in [-0.1, -0.05) is 13.8 Å². The molecule has 4 heteroatoms. The van der Waals surface area contributed by atoms with Crippen molar-refractivity contribution in [1.29, 1.82) is 0 Å². The van der Waals surface area contributed by atoms with Gasteiger partial charge in [0.05, 0.1) is 6.10 Å². The van der Waals surface area contributed by atoms with E-state index in [9.17, 15) is 4.79 Å². The van der Waals surface area contributed by atoms with Gasteiger partial charge in [0.2, 0.25) is 5.91 Å². The molecule has 1 heterocycles. The van der Waals surface area contributed by atoms with Gasteiger partial charge in [0, 0.05) is 12.6 Å². The molecule has 1 saturated heterocycles. The fraction of sp³-hybridized carbons (Fsp3) is 0.909. The fourth-order valence-electron chi connectivity index (χ4n) is 2.05. The molecule has 86 valence electrons. The first-order valence-electron chi connectivity index (χ1n) is 5.69. The second-order valence-corrected chi connectivity index (χ2v) is 5.31. The molecule has 1 saturated carbocycles. The maximum absolute atomic E-state index is 11.8. The van der Waals surface area contributed by atoms with Crippen LogP contribution in [0.1, 0.15) is 33.1 Å². The van der Waals surface area contributed by atoms with E-state index in [2.05, 4.69) is 19.2 Å². The first-order valence-corrected chi connectivity index (χ1v) is 5.69. The molecule has 1 aliphatic heterocycles. The number of amides is 1. The minimum Gasteiger partial charge on any atom is -0.364 e. The van der Waals surface area contributed by atoms with Crippen molar-refractivity contribution in [3.05, 3.63) is 0 Å². The molecule has 2 fully saturated rings. The highest BCUT2D eigenvalue weighted by molar-refractivity contribution is 5.81. The van der Waals surface area contributed by atoms with E-state index < -0.39 is 0 Å². The summed E-state index contributed by atoms with van der Waals surface area (Å²) in [7, 11) is 0. The molecular weight excluding hydrogens is 192 g/mol. The molecule has 2 rings (SSSR count). The molecule has 0 radical (unpaired) electrons. The molecule has 2 aliphatic rings. The van der Waals surface area contributed by atoms with Crippen molar-refractivity contribution < 1.29 is 9.53 Å². The lowest BCUT2D eigenvalue weighted by molar-refractivity contribution is -0.132. The first kappa shape index (κ1) is 10.9. The highest BCUT2D eigenvalue weighted by Gasteiger charge is 2.47. The molecule has 0 aromatic heterocycles. The summed E-state index contributed by atoms with van der Waals surface area (Å²) in [5.74, 6) is 0.0431. The first-order chi connectivity index (χ1) is 7.03. The van der Waals surface area contributed by atoms with Crippen LogP contribution in [0.3, 0.4) is 0 Å². The molecule has 4 nitrogen and oxygen atoms in total. The topological polar surface area (TPSA) is 64.4 Å². The third-order valence-electron chi connectivity index (χ3n) is 3.49. The molecule has 0 spiro atoms. The summed E-state index contributed by atoms with van der Waals surface area (Å²) in [5.41, 5.74) is 5.78. The van der Waals surface area contributed by atoms with E-state index in [1.165, 1.54) is 0 Å². The van der Waals surface area contributed by atoms with E-state index in [0.717, 1.165) is 19.3 Å². The second-order valence-electron chi connectivity index (χ2n) is 5.31. The lowest BCUT2D eigenvalue weighted by atomic mass is 10.1. The van der Waals surface area contributed by atoms with Crippen molar-refractivity contribution in [2.24, 2.45) is 11.1 Å². The average molecular weight is 212 g/mol. The minimum atomic E-state index is -0.269. The van der Waals surface area contributed by atoms with Crippen LogP contribution < -0.4 is 11.1 Å². The summed E-state index contributed by atoms with van der Waals surface area (Å²) in [6.07, 6.45) is 2.60. The zero-order chi connectivity index (χ0) is 11.1. The molecule has 15 heavy (non-hydrogen) atoms. The van der Waals surface area contributed by atoms with Crippen LogP contribution >= 0.6 is 0 Å². The van der Waals surface area contributed by atoms with E-state index in [1.54, 1.807) is 0 Å². The van der Waals surface area contributed by atoms with Crippen LogP contribution in [0.4, 0.5) is 0 Å². The van der Waals surface area contributed by atoms with Gasteiger partial charge in [0.25, 0.3) is 0 Å². The summed E-state index contributed by atoms with van der Waals surface area (Å²) < 4.78 is 5.53. The van der Waals surface area contributed by atoms with Gasteiger partial charge >= 0.3 is 0 Å². The van der Waals surface area contributed by atoms with Crippen LogP contribution in [0.2, 0.25) is 0 Å². The molecule has 3 atom stereocenters. The van der Waals surface area contributed by atoms with Gasteiger partial charge in [-0.2, -0.15) is 0 Å². The Morgan fingerprint density at radius 3 is 2.67 bits per heavy atom. The Bertz CT molecular complexity index is 265. The Morgan fingerprint density at radius 1 is 1.53 bits per heavy atom. The van der Waals surface area contributed by atoms with Crippen LogP contribution in [-0.4, -0.2) is 30.7 Å². The maximum Gasteiger partial charge on any atom is 0.249 e. The Morgan fingerprint density at radius 2 is 2.20 bits per heavy atom. The van der Waals surface area contributed by atoms with Gasteiger partial charge in [-0.3, -0.25) is 4.79 Å². The van der Waals surface area contributed by atoms with E-state index in [1.807, 2.05) is 0 Å². The quantitative estimate of drug-likeness (QED) is 0.712. The van der Waals surface area contributed by atoms with Gasteiger partial charge in [-0.15, -0.1) is 0 Å². The van der Waals surface area contributed by atoms with E-state index in [-0.39, 0.29) is 23.5 Å². The van der Waals surface area contributed by atoms with Gasteiger partial charge in [0.1, 0.15) is 6.10 Å². The number of nitrogens with one attached hydrogen (secondary N) is 1. The highest BCUT2D eigenvalue weighted by atomic mass is 16.5. The van der Waals surface area contributed by atoms with Gasteiger partial charge in [-0.25, -0.2) is 0 Å². The number of nitrogens with two attached hydrogens (primary N) is 1. The molecular formula is C11H20N2O2. The number of ether oxygens (including phenoxy) is 1. The van der Waals surface area contributed by atoms with Crippen LogP contribution in [0.15, 0.2) is 0 Å². The Hall–Kier alpha value is -0.610. The standard InChI is InChI=1S/C11H20N2O2/c1-11(2)5-9(11)13-10(14)8-4-3-7(6-12)15-8/h7-9H,3-6,12H2,1-2H3,(H,13,14). The van der Waals surface area contributed by atoms with Gasteiger partial charge in [-0.05, 0) is 24.7 Å². The normalized spacial score (nSPS) is 37.7. The van der Waals surface area contributed by atoms with Gasteiger partial charge < -0.3 is 15.8 Å². The van der Waals surface area contributed by atoms with Crippen LogP contribution in [0.5, 0.6) is 0 Å². The number of hydrogen-bond acceptors (Lipinski definition) is 3. The van der Waals surface area contributed by atoms with E-state index >= 15 is 0 Å². The molecule has 3 N–H and O–H groups in total. The molecule has 1 aliphatic carbocycles. The summed E-state index contributed by atoms with van der Waals surface area (Å²) in [6, 6.07) is 0.338. The number of rotatable bonds is 3. The zero-order valence-electron chi connectivity index (χ0n) is 9.45. The SMILES string of the molecule is CC1(C)CC1NC(=O)C1CCC(CN)O1. The van der Waals surface area contributed by atoms with Crippen molar-refractivity contribution in [2.75, 3.05) is 6.54 Å². The lowest BCUT2D eigenvalue weighted by Crippen LogP contribution is -2.38. The Labute approximate surface area is 90.5 Å². The number of carbonyl (C=O) groups is 1. The third kappa shape index (κ3) is 2.32. The monoisotopic (exact) mass is 212 g/mol. The van der Waals surface area contributed by atoms with Gasteiger partial charge in [0.15, 0.2) is 0 Å². The van der Waals surface area contributed by atoms with Crippen LogP contribution in [0.25, 0.3) is 0 Å². The Balaban J connectivity index is 1.78. The van der Waals surface area contributed by atoms with Crippen molar-refractivity contribution in [1.82, 2.24) is 5.32 Å². The fourth-order valence-corrected chi connectivity index (χ4v) is 2.05. The molecule has 1 amide bonds. The van der Waals surface area contributed by atoms with E-state index in [0.29, 0.717) is 12.6 Å². The molecule has 0 aromatic rings. The smallest absolute Gasteiger partial charge is 0.249 e. The van der Waals surface area contributed by atoms with Crippen molar-refractivity contribution in [3.8, 4) is 0 Å². The van der Waals surface area contributed by atoms with Crippen LogP contribution in [0, 0.1) is 5.41 Å². The van der Waals surface area contributed by atoms with Crippen molar-refractivity contribution in [3.63, 3.8) is 0 Å². The summed E-state index contributed by atoms with van der Waals surface area (Å²) in [4.78, 5) is 11.8. The number of carbonyl (C=O) groups excluding carboxylic acids is 1.